The molecule has 0 spiro atoms. The molecule has 2 aromatic carbocycles. The lowest BCUT2D eigenvalue weighted by Crippen LogP contribution is -2.38. The van der Waals surface area contributed by atoms with E-state index in [0.717, 1.165) is 56.8 Å². The van der Waals surface area contributed by atoms with E-state index in [-0.39, 0.29) is 23.9 Å². The topological polar surface area (TPSA) is 76.0 Å². The Balaban J connectivity index is 1.53. The number of halogens is 1. The van der Waals surface area contributed by atoms with Gasteiger partial charge in [-0.25, -0.2) is 4.98 Å². The first-order chi connectivity index (χ1) is 17.5. The Bertz CT molecular complexity index is 1430. The lowest BCUT2D eigenvalue weighted by molar-refractivity contribution is 0.0923. The summed E-state index contributed by atoms with van der Waals surface area (Å²) in [7, 11) is 1.64. The highest BCUT2D eigenvalue weighted by Gasteiger charge is 2.29. The minimum absolute atomic E-state index is 0.0185. The Kier molecular flexibility index (Phi) is 7.50. The van der Waals surface area contributed by atoms with Crippen LogP contribution in [0.15, 0.2) is 63.3 Å². The van der Waals surface area contributed by atoms with Crippen LogP contribution >= 0.6 is 39.0 Å². The third-order valence-electron chi connectivity index (χ3n) is 6.67. The quantitative estimate of drug-likeness (QED) is 0.254. The van der Waals surface area contributed by atoms with Crippen molar-refractivity contribution in [1.82, 2.24) is 20.2 Å². The molecule has 186 valence electrons. The van der Waals surface area contributed by atoms with E-state index in [2.05, 4.69) is 49.5 Å². The number of nitrogens with zero attached hydrogens (tertiary/aromatic N) is 2. The number of benzene rings is 2. The molecule has 0 saturated heterocycles. The summed E-state index contributed by atoms with van der Waals surface area (Å²) in [5.41, 5.74) is 3.48. The van der Waals surface area contributed by atoms with E-state index in [9.17, 15) is 9.59 Å². The van der Waals surface area contributed by atoms with Crippen molar-refractivity contribution in [1.29, 1.82) is 0 Å². The molecule has 2 heterocycles. The summed E-state index contributed by atoms with van der Waals surface area (Å²) in [6.45, 7) is 0. The van der Waals surface area contributed by atoms with Crippen LogP contribution < -0.4 is 10.6 Å². The lowest BCUT2D eigenvalue weighted by Gasteiger charge is -2.32. The van der Waals surface area contributed by atoms with Gasteiger partial charge in [-0.2, -0.15) is 0 Å². The van der Waals surface area contributed by atoms with Crippen LogP contribution in [-0.4, -0.2) is 40.7 Å². The van der Waals surface area contributed by atoms with Gasteiger partial charge in [0.15, 0.2) is 0 Å². The number of amides is 2. The number of carbonyl (C=O) groups excluding carboxylic acids is 2. The molecule has 2 amide bonds. The fourth-order valence-electron chi connectivity index (χ4n) is 5.00. The van der Waals surface area contributed by atoms with Gasteiger partial charge in [-0.3, -0.25) is 9.59 Å². The predicted octanol–water partition coefficient (Wildman–Crippen LogP) is 6.52. The van der Waals surface area contributed by atoms with E-state index >= 15 is 0 Å². The minimum Gasteiger partial charge on any atom is -0.355 e. The minimum atomic E-state index is -0.127. The highest BCUT2D eigenvalue weighted by Crippen LogP contribution is 2.39. The van der Waals surface area contributed by atoms with Crippen LogP contribution in [0.2, 0.25) is 0 Å². The second kappa shape index (κ2) is 10.8. The molecule has 1 saturated carbocycles. The summed E-state index contributed by atoms with van der Waals surface area (Å²) in [5.74, 6) is 0.761. The zero-order valence-electron chi connectivity index (χ0n) is 20.1. The summed E-state index contributed by atoms with van der Waals surface area (Å²) >= 11 is 6.59. The molecule has 2 N–H and O–H groups in total. The normalized spacial score (nSPS) is 17.8. The fraction of sp³-hybridized carbons (Fsp3) is 0.296. The molecule has 36 heavy (non-hydrogen) atoms. The van der Waals surface area contributed by atoms with Gasteiger partial charge in [0.05, 0.1) is 19.7 Å². The number of thioether (sulfide) groups is 1. The van der Waals surface area contributed by atoms with Crippen molar-refractivity contribution in [2.75, 3.05) is 13.3 Å². The van der Waals surface area contributed by atoms with Gasteiger partial charge < -0.3 is 15.2 Å². The maximum Gasteiger partial charge on any atom is 0.261 e. The zero-order valence-corrected chi connectivity index (χ0v) is 23.3. The van der Waals surface area contributed by atoms with Gasteiger partial charge in [0.25, 0.3) is 11.8 Å². The first-order valence-electron chi connectivity index (χ1n) is 11.9. The summed E-state index contributed by atoms with van der Waals surface area (Å²) < 4.78 is 3.28. The van der Waals surface area contributed by atoms with Crippen LogP contribution in [0.4, 0.5) is 0 Å². The number of hydrogen-bond donors (Lipinski definition) is 2. The van der Waals surface area contributed by atoms with Crippen molar-refractivity contribution in [3.05, 3.63) is 68.8 Å². The summed E-state index contributed by atoms with van der Waals surface area (Å²) in [6, 6.07) is 18.1. The van der Waals surface area contributed by atoms with E-state index in [0.29, 0.717) is 10.4 Å². The van der Waals surface area contributed by atoms with E-state index < -0.39 is 0 Å². The summed E-state index contributed by atoms with van der Waals surface area (Å²) in [6.07, 6.45) is 5.89. The molecule has 6 nitrogen and oxygen atoms in total. The number of rotatable bonds is 6. The Morgan fingerprint density at radius 3 is 2.69 bits per heavy atom. The first-order valence-corrected chi connectivity index (χ1v) is 14.8. The second-order valence-corrected chi connectivity index (χ2v) is 12.2. The maximum atomic E-state index is 12.9. The van der Waals surface area contributed by atoms with Crippen molar-refractivity contribution in [2.24, 2.45) is 0 Å². The van der Waals surface area contributed by atoms with Crippen molar-refractivity contribution in [3.63, 3.8) is 0 Å². The van der Waals surface area contributed by atoms with E-state index in [4.69, 9.17) is 4.98 Å². The fourth-order valence-corrected chi connectivity index (χ4v) is 6.88. The zero-order chi connectivity index (χ0) is 25.2. The van der Waals surface area contributed by atoms with Crippen molar-refractivity contribution < 1.29 is 9.59 Å². The number of aromatic nitrogens is 2. The molecular formula is C27H27BrN4O2S2. The van der Waals surface area contributed by atoms with Gasteiger partial charge in [0.1, 0.15) is 5.82 Å². The number of imidazole rings is 1. The molecule has 0 aliphatic heterocycles. The third kappa shape index (κ3) is 4.96. The van der Waals surface area contributed by atoms with E-state index in [1.807, 2.05) is 42.5 Å². The smallest absolute Gasteiger partial charge is 0.261 e. The second-order valence-electron chi connectivity index (χ2n) is 8.88. The van der Waals surface area contributed by atoms with Crippen molar-refractivity contribution in [3.8, 4) is 11.4 Å². The molecule has 0 radical (unpaired) electrons. The van der Waals surface area contributed by atoms with Crippen LogP contribution in [0.3, 0.4) is 0 Å². The molecule has 2 unspecified atom stereocenters. The molecule has 1 aliphatic carbocycles. The largest absolute Gasteiger partial charge is 0.355 e. The van der Waals surface area contributed by atoms with E-state index in [1.54, 1.807) is 18.8 Å². The van der Waals surface area contributed by atoms with Crippen LogP contribution in [0.25, 0.3) is 22.4 Å². The van der Waals surface area contributed by atoms with Crippen LogP contribution in [0, 0.1) is 0 Å². The molecule has 9 heteroatoms. The Morgan fingerprint density at radius 2 is 1.94 bits per heavy atom. The third-order valence-corrected chi connectivity index (χ3v) is 9.09. The van der Waals surface area contributed by atoms with Gasteiger partial charge in [-0.05, 0) is 84.3 Å². The number of thiophene rings is 1. The highest BCUT2D eigenvalue weighted by atomic mass is 79.9. The number of hydrogen-bond acceptors (Lipinski definition) is 5. The standard InChI is InChI=1S/C27H27BrN4O2S2/c1-29-26(33)16-10-11-21-20(14-16)31-25(19-8-3-4-9-22(19)35-2)32(21)18-7-5-6-17(15-18)30-27(34)23-12-13-24(28)36-23/h3-4,8-14,17-18H,5-7,15H2,1-2H3,(H,29,33)(H,30,34). The molecule has 1 aliphatic rings. The molecule has 2 atom stereocenters. The molecule has 2 aromatic heterocycles. The summed E-state index contributed by atoms with van der Waals surface area (Å²) in [4.78, 5) is 32.1. The average Bonchev–Trinajstić information content (AvgIpc) is 3.51. The molecule has 0 bridgehead atoms. The molecular weight excluding hydrogens is 556 g/mol. The lowest BCUT2D eigenvalue weighted by atomic mass is 9.90. The molecule has 4 aromatic rings. The van der Waals surface area contributed by atoms with Gasteiger partial charge in [-0.1, -0.05) is 18.2 Å². The predicted molar refractivity (Wildman–Crippen MR) is 151 cm³/mol. The monoisotopic (exact) mass is 582 g/mol. The maximum absolute atomic E-state index is 12.9. The van der Waals surface area contributed by atoms with Crippen molar-refractivity contribution >= 4 is 61.9 Å². The van der Waals surface area contributed by atoms with Gasteiger partial charge in [-0.15, -0.1) is 23.1 Å². The Hall–Kier alpha value is -2.62. The SMILES string of the molecule is CNC(=O)c1ccc2c(c1)nc(-c1ccccc1SC)n2C1CCCC(NC(=O)c2ccc(Br)s2)C1. The number of nitrogens with one attached hydrogen (secondary N) is 2. The van der Waals surface area contributed by atoms with Crippen molar-refractivity contribution in [2.45, 2.75) is 42.7 Å². The van der Waals surface area contributed by atoms with Crippen LogP contribution in [-0.2, 0) is 0 Å². The molecule has 5 rings (SSSR count). The van der Waals surface area contributed by atoms with Crippen LogP contribution in [0.1, 0.15) is 51.8 Å². The van der Waals surface area contributed by atoms with Gasteiger partial charge in [0, 0.05) is 35.2 Å². The van der Waals surface area contributed by atoms with Gasteiger partial charge >= 0.3 is 0 Å². The Morgan fingerprint density at radius 1 is 1.11 bits per heavy atom. The Labute approximate surface area is 227 Å². The number of carbonyl (C=O) groups is 2. The van der Waals surface area contributed by atoms with Gasteiger partial charge in [0.2, 0.25) is 0 Å². The first kappa shape index (κ1) is 25.0. The van der Waals surface area contributed by atoms with Crippen LogP contribution in [0.5, 0.6) is 0 Å². The molecule has 1 fully saturated rings. The summed E-state index contributed by atoms with van der Waals surface area (Å²) in [5, 5.41) is 5.96. The number of fused-ring (bicyclic) bond motifs is 1. The average molecular weight is 584 g/mol. The highest BCUT2D eigenvalue weighted by molar-refractivity contribution is 9.11. The van der Waals surface area contributed by atoms with E-state index in [1.165, 1.54) is 11.3 Å².